The minimum absolute atomic E-state index is 0.141. The lowest BCUT2D eigenvalue weighted by Gasteiger charge is -2.25. The third-order valence-electron chi connectivity index (χ3n) is 3.61. The molecule has 2 aromatic rings. The first-order valence-corrected chi connectivity index (χ1v) is 7.39. The lowest BCUT2D eigenvalue weighted by atomic mass is 10.1. The maximum absolute atomic E-state index is 6.07. The molecule has 0 saturated carbocycles. The number of hydrogen-bond donors (Lipinski definition) is 2. The van der Waals surface area contributed by atoms with Crippen LogP contribution in [0.15, 0.2) is 22.7 Å². The lowest BCUT2D eigenvalue weighted by Crippen LogP contribution is -2.37. The molecule has 0 amide bonds. The van der Waals surface area contributed by atoms with Crippen molar-refractivity contribution in [3.63, 3.8) is 0 Å². The Kier molecular flexibility index (Phi) is 4.55. The van der Waals surface area contributed by atoms with Gasteiger partial charge in [0.2, 0.25) is 11.7 Å². The number of benzene rings is 1. The molecule has 7 nitrogen and oxygen atoms in total. The predicted molar refractivity (Wildman–Crippen MR) is 80.7 cm³/mol. The van der Waals surface area contributed by atoms with Gasteiger partial charge in [0, 0.05) is 6.54 Å². The Bertz CT molecular complexity index is 623. The summed E-state index contributed by atoms with van der Waals surface area (Å²) in [5.74, 6) is 2.13. The van der Waals surface area contributed by atoms with E-state index in [4.69, 9.17) is 19.7 Å². The topological polar surface area (TPSA) is 95.4 Å². The number of hydrogen-bond acceptors (Lipinski definition) is 7. The first-order valence-electron chi connectivity index (χ1n) is 7.39. The largest absolute Gasteiger partial charge is 0.492 e. The van der Waals surface area contributed by atoms with Crippen LogP contribution in [0.25, 0.3) is 11.4 Å². The zero-order valence-electron chi connectivity index (χ0n) is 12.5. The molecule has 0 bridgehead atoms. The second-order valence-electron chi connectivity index (χ2n) is 5.14. The molecule has 0 aliphatic carbocycles. The summed E-state index contributed by atoms with van der Waals surface area (Å²) >= 11 is 0. The van der Waals surface area contributed by atoms with E-state index >= 15 is 0 Å². The van der Waals surface area contributed by atoms with E-state index in [1.165, 1.54) is 0 Å². The van der Waals surface area contributed by atoms with Gasteiger partial charge < -0.3 is 25.0 Å². The fourth-order valence-corrected chi connectivity index (χ4v) is 2.54. The molecule has 1 fully saturated rings. The van der Waals surface area contributed by atoms with Crippen molar-refractivity contribution in [3.05, 3.63) is 24.1 Å². The summed E-state index contributed by atoms with van der Waals surface area (Å²) in [6.07, 6.45) is 2.28. The molecule has 3 rings (SSSR count). The summed E-state index contributed by atoms with van der Waals surface area (Å²) in [4.78, 5) is 4.24. The third-order valence-corrected chi connectivity index (χ3v) is 3.61. The van der Waals surface area contributed by atoms with E-state index in [0.717, 1.165) is 31.5 Å². The first-order chi connectivity index (χ1) is 10.8. The molecule has 1 aromatic heterocycles. The van der Waals surface area contributed by atoms with Gasteiger partial charge in [-0.25, -0.2) is 0 Å². The van der Waals surface area contributed by atoms with E-state index in [1.807, 2.05) is 18.2 Å². The van der Waals surface area contributed by atoms with Crippen molar-refractivity contribution in [3.8, 4) is 22.9 Å². The summed E-state index contributed by atoms with van der Waals surface area (Å²) < 4.78 is 16.7. The fourth-order valence-electron chi connectivity index (χ4n) is 2.54. The van der Waals surface area contributed by atoms with Gasteiger partial charge in [-0.15, -0.1) is 0 Å². The minimum atomic E-state index is 0.141. The summed E-state index contributed by atoms with van der Waals surface area (Å²) in [5.41, 5.74) is 6.24. The molecule has 118 valence electrons. The van der Waals surface area contributed by atoms with Gasteiger partial charge in [0.05, 0.1) is 19.2 Å². The van der Waals surface area contributed by atoms with E-state index in [9.17, 15) is 0 Å². The molecule has 2 heterocycles. The smallest absolute Gasteiger partial charge is 0.240 e. The highest BCUT2D eigenvalue weighted by Crippen LogP contribution is 2.37. The summed E-state index contributed by atoms with van der Waals surface area (Å²) in [7, 11) is 1.61. The molecule has 1 atom stereocenters. The summed E-state index contributed by atoms with van der Waals surface area (Å²) in [5, 5.41) is 7.27. The first kappa shape index (κ1) is 14.8. The maximum atomic E-state index is 6.07. The van der Waals surface area contributed by atoms with Gasteiger partial charge in [-0.3, -0.25) is 0 Å². The van der Waals surface area contributed by atoms with Crippen LogP contribution in [0.1, 0.15) is 18.7 Å². The molecular weight excluding hydrogens is 284 g/mol. The summed E-state index contributed by atoms with van der Waals surface area (Å²) in [6.45, 7) is 2.09. The number of aromatic nitrogens is 2. The molecule has 1 aliphatic rings. The van der Waals surface area contributed by atoms with Gasteiger partial charge in [0.25, 0.3) is 0 Å². The molecule has 0 radical (unpaired) electrons. The Balaban J connectivity index is 1.89. The summed E-state index contributed by atoms with van der Waals surface area (Å²) in [6, 6.07) is 5.65. The Hall–Kier alpha value is -2.12. The number of rotatable bonds is 5. The van der Waals surface area contributed by atoms with Crippen LogP contribution in [0.3, 0.4) is 0 Å². The number of methoxy groups -OCH3 is 1. The van der Waals surface area contributed by atoms with Crippen LogP contribution >= 0.6 is 0 Å². The quantitative estimate of drug-likeness (QED) is 0.860. The molecule has 3 N–H and O–H groups in total. The minimum Gasteiger partial charge on any atom is -0.492 e. The zero-order valence-corrected chi connectivity index (χ0v) is 12.5. The van der Waals surface area contributed by atoms with E-state index in [1.54, 1.807) is 7.11 Å². The van der Waals surface area contributed by atoms with Gasteiger partial charge in [0.15, 0.2) is 11.5 Å². The van der Waals surface area contributed by atoms with Gasteiger partial charge in [-0.1, -0.05) is 11.2 Å². The van der Waals surface area contributed by atoms with Crippen molar-refractivity contribution in [2.45, 2.75) is 25.5 Å². The SMILES string of the molecule is COc1c(OC2CCCNC2)cccc1-c1noc(CN)n1. The van der Waals surface area contributed by atoms with Crippen molar-refractivity contribution in [1.82, 2.24) is 15.5 Å². The Morgan fingerprint density at radius 3 is 3.05 bits per heavy atom. The number of nitrogens with two attached hydrogens (primary N) is 1. The van der Waals surface area contributed by atoms with Crippen molar-refractivity contribution in [1.29, 1.82) is 0 Å². The van der Waals surface area contributed by atoms with Gasteiger partial charge in [0.1, 0.15) is 6.10 Å². The van der Waals surface area contributed by atoms with E-state index < -0.39 is 0 Å². The van der Waals surface area contributed by atoms with Crippen LogP contribution in [0, 0.1) is 0 Å². The van der Waals surface area contributed by atoms with Crippen molar-refractivity contribution < 1.29 is 14.0 Å². The Morgan fingerprint density at radius 1 is 1.45 bits per heavy atom. The van der Waals surface area contributed by atoms with E-state index in [0.29, 0.717) is 23.2 Å². The molecule has 0 spiro atoms. The lowest BCUT2D eigenvalue weighted by molar-refractivity contribution is 0.161. The van der Waals surface area contributed by atoms with Gasteiger partial charge >= 0.3 is 0 Å². The molecule has 1 aromatic carbocycles. The van der Waals surface area contributed by atoms with Crippen LogP contribution in [-0.4, -0.2) is 36.4 Å². The van der Waals surface area contributed by atoms with Gasteiger partial charge in [-0.05, 0) is 31.5 Å². The molecule has 1 unspecified atom stereocenters. The molecule has 1 aliphatic heterocycles. The normalized spacial score (nSPS) is 18.2. The van der Waals surface area contributed by atoms with Crippen LogP contribution in [-0.2, 0) is 6.54 Å². The maximum Gasteiger partial charge on any atom is 0.240 e. The van der Waals surface area contributed by atoms with E-state index in [-0.39, 0.29) is 12.6 Å². The molecule has 1 saturated heterocycles. The molecular formula is C15H20N4O3. The molecule has 7 heteroatoms. The van der Waals surface area contributed by atoms with Crippen LogP contribution in [0.5, 0.6) is 11.5 Å². The average Bonchev–Trinajstić information content (AvgIpc) is 3.04. The fraction of sp³-hybridized carbons (Fsp3) is 0.467. The predicted octanol–water partition coefficient (Wildman–Crippen LogP) is 1.33. The monoisotopic (exact) mass is 304 g/mol. The highest BCUT2D eigenvalue weighted by atomic mass is 16.5. The highest BCUT2D eigenvalue weighted by molar-refractivity contribution is 5.68. The Morgan fingerprint density at radius 2 is 2.36 bits per heavy atom. The third kappa shape index (κ3) is 3.05. The van der Waals surface area contributed by atoms with Crippen molar-refractivity contribution in [2.75, 3.05) is 20.2 Å². The van der Waals surface area contributed by atoms with Crippen molar-refractivity contribution >= 4 is 0 Å². The van der Waals surface area contributed by atoms with Crippen LogP contribution < -0.4 is 20.5 Å². The van der Waals surface area contributed by atoms with Crippen LogP contribution in [0.4, 0.5) is 0 Å². The van der Waals surface area contributed by atoms with Gasteiger partial charge in [-0.2, -0.15) is 4.98 Å². The molecule has 22 heavy (non-hydrogen) atoms. The van der Waals surface area contributed by atoms with E-state index in [2.05, 4.69) is 15.5 Å². The number of para-hydroxylation sites is 1. The average molecular weight is 304 g/mol. The number of nitrogens with one attached hydrogen (secondary N) is 1. The van der Waals surface area contributed by atoms with Crippen molar-refractivity contribution in [2.24, 2.45) is 5.73 Å². The second kappa shape index (κ2) is 6.76. The number of piperidine rings is 1. The standard InChI is InChI=1S/C15H20N4O3/c1-20-14-11(15-18-13(8-16)22-19-15)5-2-6-12(14)21-10-4-3-7-17-9-10/h2,5-6,10,17H,3-4,7-9,16H2,1H3. The number of ether oxygens (including phenoxy) is 2. The van der Waals surface area contributed by atoms with Crippen LogP contribution in [0.2, 0.25) is 0 Å². The Labute approximate surface area is 128 Å². The number of nitrogens with zero attached hydrogens (tertiary/aromatic N) is 2. The zero-order chi connectivity index (χ0) is 15.4. The highest BCUT2D eigenvalue weighted by Gasteiger charge is 2.20. The second-order valence-corrected chi connectivity index (χ2v) is 5.14.